The van der Waals surface area contributed by atoms with Crippen molar-refractivity contribution in [3.8, 4) is 5.88 Å². The van der Waals surface area contributed by atoms with Crippen LogP contribution in [-0.2, 0) is 0 Å². The third kappa shape index (κ3) is 4.49. The number of hydrogen-bond donors (Lipinski definition) is 1. The molecule has 1 heterocycles. The van der Waals surface area contributed by atoms with Crippen LogP contribution < -0.4 is 10.1 Å². The summed E-state index contributed by atoms with van der Waals surface area (Å²) in [5, 5.41) is 3.57. The van der Waals surface area contributed by atoms with Gasteiger partial charge < -0.3 is 10.1 Å². The molecule has 0 radical (unpaired) electrons. The molecule has 3 heteroatoms. The fraction of sp³-hybridized carbons (Fsp3) is 0.533. The van der Waals surface area contributed by atoms with Crippen LogP contribution in [0.5, 0.6) is 5.88 Å². The first-order valence-electron chi connectivity index (χ1n) is 6.66. The van der Waals surface area contributed by atoms with E-state index in [1.165, 1.54) is 0 Å². The zero-order valence-electron chi connectivity index (χ0n) is 11.5. The van der Waals surface area contributed by atoms with Crippen molar-refractivity contribution in [2.75, 3.05) is 13.7 Å². The third-order valence-corrected chi connectivity index (χ3v) is 2.91. The number of methoxy groups -OCH3 is 1. The summed E-state index contributed by atoms with van der Waals surface area (Å²) in [6, 6.07) is 4.37. The summed E-state index contributed by atoms with van der Waals surface area (Å²) in [5.74, 6) is 0.727. The lowest BCUT2D eigenvalue weighted by Crippen LogP contribution is -2.22. The first-order valence-corrected chi connectivity index (χ1v) is 6.66. The molecule has 0 spiro atoms. The summed E-state index contributed by atoms with van der Waals surface area (Å²) in [7, 11) is 1.67. The summed E-state index contributed by atoms with van der Waals surface area (Å²) < 4.78 is 5.34. The third-order valence-electron chi connectivity index (χ3n) is 2.91. The maximum absolute atomic E-state index is 5.34. The van der Waals surface area contributed by atoms with Crippen molar-refractivity contribution < 1.29 is 4.74 Å². The Balaban J connectivity index is 2.75. The molecule has 0 saturated carbocycles. The van der Waals surface area contributed by atoms with E-state index in [4.69, 9.17) is 4.74 Å². The number of pyridine rings is 1. The fourth-order valence-corrected chi connectivity index (χ4v) is 1.99. The Morgan fingerprint density at radius 3 is 3.06 bits per heavy atom. The Morgan fingerprint density at radius 1 is 1.56 bits per heavy atom. The maximum Gasteiger partial charge on any atom is 0.217 e. The molecule has 0 aromatic carbocycles. The SMILES string of the molecule is C=CCCCC(NCCC)c1cccnc1OC. The molecular formula is C15H24N2O. The van der Waals surface area contributed by atoms with E-state index in [1.54, 1.807) is 13.3 Å². The van der Waals surface area contributed by atoms with E-state index in [-0.39, 0.29) is 0 Å². The fourth-order valence-electron chi connectivity index (χ4n) is 1.99. The van der Waals surface area contributed by atoms with Gasteiger partial charge in [-0.25, -0.2) is 4.98 Å². The van der Waals surface area contributed by atoms with Crippen molar-refractivity contribution in [3.05, 3.63) is 36.5 Å². The largest absolute Gasteiger partial charge is 0.481 e. The van der Waals surface area contributed by atoms with Gasteiger partial charge in [-0.2, -0.15) is 0 Å². The topological polar surface area (TPSA) is 34.2 Å². The monoisotopic (exact) mass is 248 g/mol. The zero-order valence-corrected chi connectivity index (χ0v) is 11.5. The van der Waals surface area contributed by atoms with Gasteiger partial charge in [-0.05, 0) is 38.3 Å². The van der Waals surface area contributed by atoms with Crippen LogP contribution >= 0.6 is 0 Å². The Labute approximate surface area is 110 Å². The lowest BCUT2D eigenvalue weighted by atomic mass is 10.0. The molecule has 1 rings (SSSR count). The minimum Gasteiger partial charge on any atom is -0.481 e. The van der Waals surface area contributed by atoms with Gasteiger partial charge in [0.25, 0.3) is 0 Å². The van der Waals surface area contributed by atoms with E-state index in [2.05, 4.69) is 29.9 Å². The van der Waals surface area contributed by atoms with E-state index in [9.17, 15) is 0 Å². The first kappa shape index (κ1) is 14.7. The van der Waals surface area contributed by atoms with Crippen LogP contribution in [0.3, 0.4) is 0 Å². The van der Waals surface area contributed by atoms with Crippen LogP contribution in [-0.4, -0.2) is 18.6 Å². The Kier molecular flexibility index (Phi) is 7.11. The molecule has 0 aliphatic carbocycles. The van der Waals surface area contributed by atoms with Crippen molar-refractivity contribution in [2.24, 2.45) is 0 Å². The molecule has 0 fully saturated rings. The van der Waals surface area contributed by atoms with Gasteiger partial charge in [-0.3, -0.25) is 0 Å². The average Bonchev–Trinajstić information content (AvgIpc) is 2.42. The molecule has 1 aromatic rings. The smallest absolute Gasteiger partial charge is 0.217 e. The molecule has 0 aliphatic heterocycles. The minimum absolute atomic E-state index is 0.313. The van der Waals surface area contributed by atoms with Gasteiger partial charge in [0, 0.05) is 17.8 Å². The molecule has 3 nitrogen and oxygen atoms in total. The quantitative estimate of drug-likeness (QED) is 0.536. The van der Waals surface area contributed by atoms with Crippen molar-refractivity contribution in [1.82, 2.24) is 10.3 Å². The van der Waals surface area contributed by atoms with E-state index in [1.807, 2.05) is 12.1 Å². The van der Waals surface area contributed by atoms with Crippen LogP contribution in [0.4, 0.5) is 0 Å². The summed E-state index contributed by atoms with van der Waals surface area (Å²) >= 11 is 0. The molecule has 1 aromatic heterocycles. The lowest BCUT2D eigenvalue weighted by Gasteiger charge is -2.20. The standard InChI is InChI=1S/C15H24N2O/c1-4-6-7-10-14(16-11-5-2)13-9-8-12-17-15(13)18-3/h4,8-9,12,14,16H,1,5-7,10-11H2,2-3H3. The van der Waals surface area contributed by atoms with Gasteiger partial charge in [-0.1, -0.05) is 19.1 Å². The van der Waals surface area contributed by atoms with E-state index < -0.39 is 0 Å². The van der Waals surface area contributed by atoms with E-state index in [0.29, 0.717) is 6.04 Å². The van der Waals surface area contributed by atoms with Crippen molar-refractivity contribution in [1.29, 1.82) is 0 Å². The number of rotatable bonds is 9. The molecule has 0 saturated heterocycles. The van der Waals surface area contributed by atoms with Crippen molar-refractivity contribution in [2.45, 2.75) is 38.6 Å². The van der Waals surface area contributed by atoms with Gasteiger partial charge in [0.15, 0.2) is 0 Å². The highest BCUT2D eigenvalue weighted by Gasteiger charge is 2.15. The summed E-state index contributed by atoms with van der Waals surface area (Å²) in [5.41, 5.74) is 1.15. The van der Waals surface area contributed by atoms with E-state index in [0.717, 1.165) is 43.7 Å². The number of aromatic nitrogens is 1. The molecular weight excluding hydrogens is 224 g/mol. The van der Waals surface area contributed by atoms with E-state index >= 15 is 0 Å². The maximum atomic E-state index is 5.34. The second kappa shape index (κ2) is 8.70. The Morgan fingerprint density at radius 2 is 2.39 bits per heavy atom. The number of unbranched alkanes of at least 4 members (excludes halogenated alkanes) is 1. The van der Waals surface area contributed by atoms with Gasteiger partial charge in [0.1, 0.15) is 0 Å². The number of nitrogens with one attached hydrogen (secondary N) is 1. The predicted octanol–water partition coefficient (Wildman–Crippen LogP) is 3.49. The lowest BCUT2D eigenvalue weighted by molar-refractivity contribution is 0.377. The van der Waals surface area contributed by atoms with Gasteiger partial charge in [0.05, 0.1) is 7.11 Å². The van der Waals surface area contributed by atoms with Crippen molar-refractivity contribution in [3.63, 3.8) is 0 Å². The Bertz CT molecular complexity index is 352. The average molecular weight is 248 g/mol. The molecule has 1 atom stereocenters. The molecule has 18 heavy (non-hydrogen) atoms. The predicted molar refractivity (Wildman–Crippen MR) is 75.9 cm³/mol. The number of ether oxygens (including phenoxy) is 1. The normalized spacial score (nSPS) is 12.1. The molecule has 0 bridgehead atoms. The van der Waals surface area contributed by atoms with Crippen LogP contribution in [0.1, 0.15) is 44.2 Å². The molecule has 0 aliphatic rings. The molecule has 1 unspecified atom stereocenters. The minimum atomic E-state index is 0.313. The summed E-state index contributed by atoms with van der Waals surface area (Å²) in [6.45, 7) is 6.95. The van der Waals surface area contributed by atoms with Gasteiger partial charge >= 0.3 is 0 Å². The zero-order chi connectivity index (χ0) is 13.2. The Hall–Kier alpha value is -1.35. The van der Waals surface area contributed by atoms with Crippen LogP contribution in [0.25, 0.3) is 0 Å². The highest BCUT2D eigenvalue weighted by Crippen LogP contribution is 2.26. The number of hydrogen-bond acceptors (Lipinski definition) is 3. The molecule has 100 valence electrons. The van der Waals surface area contributed by atoms with Crippen molar-refractivity contribution >= 4 is 0 Å². The van der Waals surface area contributed by atoms with Crippen LogP contribution in [0.2, 0.25) is 0 Å². The molecule has 1 N–H and O–H groups in total. The molecule has 0 amide bonds. The van der Waals surface area contributed by atoms with Gasteiger partial charge in [0.2, 0.25) is 5.88 Å². The second-order valence-corrected chi connectivity index (χ2v) is 4.33. The highest BCUT2D eigenvalue weighted by molar-refractivity contribution is 5.28. The van der Waals surface area contributed by atoms with Crippen LogP contribution in [0.15, 0.2) is 31.0 Å². The summed E-state index contributed by atoms with van der Waals surface area (Å²) in [4.78, 5) is 4.27. The number of nitrogens with zero attached hydrogens (tertiary/aromatic N) is 1. The van der Waals surface area contributed by atoms with Gasteiger partial charge in [-0.15, -0.1) is 6.58 Å². The number of allylic oxidation sites excluding steroid dienone is 1. The highest BCUT2D eigenvalue weighted by atomic mass is 16.5. The first-order chi connectivity index (χ1) is 8.83. The summed E-state index contributed by atoms with van der Waals surface area (Å²) in [6.07, 6.45) is 8.12. The second-order valence-electron chi connectivity index (χ2n) is 4.33. The van der Waals surface area contributed by atoms with Crippen LogP contribution in [0, 0.1) is 0 Å².